The second kappa shape index (κ2) is 11.0. The molecule has 1 amide bonds. The number of anilines is 1. The molecule has 3 aromatic carbocycles. The third kappa shape index (κ3) is 6.22. The topological polar surface area (TPSA) is 59.8 Å². The zero-order chi connectivity index (χ0) is 22.2. The molecule has 5 nitrogen and oxygen atoms in total. The zero-order valence-electron chi connectivity index (χ0n) is 17.4. The van der Waals surface area contributed by atoms with Crippen LogP contribution in [0.15, 0.2) is 90.1 Å². The van der Waals surface area contributed by atoms with Crippen molar-refractivity contribution in [1.82, 2.24) is 14.8 Å². The maximum Gasteiger partial charge on any atom is 0.234 e. The molecule has 4 aromatic rings. The van der Waals surface area contributed by atoms with E-state index in [0.29, 0.717) is 17.3 Å². The Kier molecular flexibility index (Phi) is 7.59. The van der Waals surface area contributed by atoms with Gasteiger partial charge in [0.1, 0.15) is 5.82 Å². The Morgan fingerprint density at radius 2 is 1.59 bits per heavy atom. The van der Waals surface area contributed by atoms with Gasteiger partial charge < -0.3 is 9.88 Å². The van der Waals surface area contributed by atoms with Crippen LogP contribution in [0.1, 0.15) is 17.0 Å². The van der Waals surface area contributed by atoms with Crippen LogP contribution < -0.4 is 5.32 Å². The molecule has 32 heavy (non-hydrogen) atoms. The summed E-state index contributed by atoms with van der Waals surface area (Å²) in [5.74, 6) is 1.03. The molecule has 0 aliphatic carbocycles. The first-order chi connectivity index (χ1) is 15.7. The fourth-order valence-electron chi connectivity index (χ4n) is 3.33. The SMILES string of the molecule is O=C(CSc1nnc(CCc2ccccc2)n1Cc1ccccc1)Nc1cccc(Cl)c1. The van der Waals surface area contributed by atoms with Gasteiger partial charge in [0.2, 0.25) is 5.91 Å². The summed E-state index contributed by atoms with van der Waals surface area (Å²) < 4.78 is 2.11. The number of halogens is 1. The van der Waals surface area contributed by atoms with E-state index in [1.54, 1.807) is 18.2 Å². The number of nitrogens with one attached hydrogen (secondary N) is 1. The van der Waals surface area contributed by atoms with Crippen molar-refractivity contribution in [1.29, 1.82) is 0 Å². The minimum absolute atomic E-state index is 0.114. The van der Waals surface area contributed by atoms with Gasteiger partial charge in [-0.2, -0.15) is 0 Å². The summed E-state index contributed by atoms with van der Waals surface area (Å²) in [4.78, 5) is 12.5. The summed E-state index contributed by atoms with van der Waals surface area (Å²) >= 11 is 7.38. The number of amides is 1. The average molecular weight is 463 g/mol. The van der Waals surface area contributed by atoms with Gasteiger partial charge in [0.05, 0.1) is 12.3 Å². The first-order valence-electron chi connectivity index (χ1n) is 10.4. The Hall–Kier alpha value is -3.09. The number of hydrogen-bond acceptors (Lipinski definition) is 4. The van der Waals surface area contributed by atoms with Crippen LogP contribution in [0.2, 0.25) is 5.02 Å². The first kappa shape index (κ1) is 22.1. The van der Waals surface area contributed by atoms with Gasteiger partial charge in [-0.3, -0.25) is 4.79 Å². The Morgan fingerprint density at radius 1 is 0.875 bits per heavy atom. The molecule has 0 atom stereocenters. The highest BCUT2D eigenvalue weighted by molar-refractivity contribution is 7.99. The van der Waals surface area contributed by atoms with Crippen LogP contribution in [-0.2, 0) is 24.2 Å². The Balaban J connectivity index is 1.46. The summed E-state index contributed by atoms with van der Waals surface area (Å²) in [6.45, 7) is 0.663. The van der Waals surface area contributed by atoms with Gasteiger partial charge in [0.25, 0.3) is 0 Å². The highest BCUT2D eigenvalue weighted by Crippen LogP contribution is 2.21. The number of rotatable bonds is 9. The first-order valence-corrected chi connectivity index (χ1v) is 11.7. The summed E-state index contributed by atoms with van der Waals surface area (Å²) in [5, 5.41) is 13.0. The van der Waals surface area contributed by atoms with Crippen molar-refractivity contribution in [3.8, 4) is 0 Å². The summed E-state index contributed by atoms with van der Waals surface area (Å²) in [6, 6.07) is 27.7. The van der Waals surface area contributed by atoms with E-state index in [9.17, 15) is 4.79 Å². The lowest BCUT2D eigenvalue weighted by atomic mass is 10.1. The molecule has 0 radical (unpaired) electrons. The second-order valence-corrected chi connectivity index (χ2v) is 8.68. The maximum absolute atomic E-state index is 12.5. The molecule has 0 saturated carbocycles. The predicted molar refractivity (Wildman–Crippen MR) is 130 cm³/mol. The van der Waals surface area contributed by atoms with Crippen molar-refractivity contribution < 1.29 is 4.79 Å². The van der Waals surface area contributed by atoms with Gasteiger partial charge in [-0.15, -0.1) is 10.2 Å². The third-order valence-corrected chi connectivity index (χ3v) is 6.10. The number of hydrogen-bond donors (Lipinski definition) is 1. The highest BCUT2D eigenvalue weighted by Gasteiger charge is 2.15. The van der Waals surface area contributed by atoms with E-state index in [0.717, 1.165) is 23.8 Å². The fourth-order valence-corrected chi connectivity index (χ4v) is 4.28. The molecule has 1 heterocycles. The fraction of sp³-hybridized carbons (Fsp3) is 0.160. The van der Waals surface area contributed by atoms with E-state index >= 15 is 0 Å². The third-order valence-electron chi connectivity index (χ3n) is 4.90. The molecule has 0 spiro atoms. The lowest BCUT2D eigenvalue weighted by Gasteiger charge is -2.11. The molecule has 0 bridgehead atoms. The molecular formula is C25H23ClN4OS. The number of carbonyl (C=O) groups excluding carboxylic acids is 1. The van der Waals surface area contributed by atoms with Crippen LogP contribution in [0, 0.1) is 0 Å². The number of benzene rings is 3. The lowest BCUT2D eigenvalue weighted by Crippen LogP contribution is -2.15. The van der Waals surface area contributed by atoms with Crippen molar-refractivity contribution in [3.05, 3.63) is 107 Å². The monoisotopic (exact) mass is 462 g/mol. The van der Waals surface area contributed by atoms with E-state index in [2.05, 4.69) is 44.3 Å². The van der Waals surface area contributed by atoms with Crippen LogP contribution in [0.4, 0.5) is 5.69 Å². The number of nitrogens with zero attached hydrogens (tertiary/aromatic N) is 3. The molecule has 1 aromatic heterocycles. The van der Waals surface area contributed by atoms with Crippen LogP contribution in [0.25, 0.3) is 0 Å². The molecule has 0 fully saturated rings. The standard InChI is InChI=1S/C25H23ClN4OS/c26-21-12-7-13-22(16-21)27-24(31)18-32-25-29-28-23(15-14-19-8-3-1-4-9-19)30(25)17-20-10-5-2-6-11-20/h1-13,16H,14-15,17-18H2,(H,27,31). The Bertz CT molecular complexity index is 1170. The summed E-state index contributed by atoms with van der Waals surface area (Å²) in [5.41, 5.74) is 3.10. The van der Waals surface area contributed by atoms with Crippen molar-refractivity contribution in [3.63, 3.8) is 0 Å². The van der Waals surface area contributed by atoms with Gasteiger partial charge in [-0.1, -0.05) is 90.1 Å². The predicted octanol–water partition coefficient (Wildman–Crippen LogP) is 5.50. The van der Waals surface area contributed by atoms with Gasteiger partial charge >= 0.3 is 0 Å². The van der Waals surface area contributed by atoms with Gasteiger partial charge in [-0.25, -0.2) is 0 Å². The average Bonchev–Trinajstić information content (AvgIpc) is 3.19. The smallest absolute Gasteiger partial charge is 0.234 e. The highest BCUT2D eigenvalue weighted by atomic mass is 35.5. The van der Waals surface area contributed by atoms with E-state index in [-0.39, 0.29) is 11.7 Å². The zero-order valence-corrected chi connectivity index (χ0v) is 19.0. The van der Waals surface area contributed by atoms with Crippen molar-refractivity contribution in [2.24, 2.45) is 0 Å². The molecule has 162 valence electrons. The van der Waals surface area contributed by atoms with Crippen molar-refractivity contribution >= 4 is 35.0 Å². The maximum atomic E-state index is 12.5. The van der Waals surface area contributed by atoms with Crippen molar-refractivity contribution in [2.75, 3.05) is 11.1 Å². The van der Waals surface area contributed by atoms with Crippen LogP contribution in [-0.4, -0.2) is 26.4 Å². The Labute approximate surface area is 196 Å². The number of thioether (sulfide) groups is 1. The molecule has 0 aliphatic rings. The van der Waals surface area contributed by atoms with Gasteiger partial charge in [0.15, 0.2) is 5.16 Å². The lowest BCUT2D eigenvalue weighted by molar-refractivity contribution is -0.113. The number of aromatic nitrogens is 3. The van der Waals surface area contributed by atoms with Gasteiger partial charge in [-0.05, 0) is 35.7 Å². The van der Waals surface area contributed by atoms with Gasteiger partial charge in [0, 0.05) is 17.1 Å². The van der Waals surface area contributed by atoms with Crippen LogP contribution in [0.3, 0.4) is 0 Å². The summed E-state index contributed by atoms with van der Waals surface area (Å²) in [7, 11) is 0. The molecule has 0 saturated heterocycles. The van der Waals surface area contributed by atoms with E-state index in [1.165, 1.54) is 22.9 Å². The van der Waals surface area contributed by atoms with E-state index in [4.69, 9.17) is 11.6 Å². The molecular weight excluding hydrogens is 440 g/mol. The largest absolute Gasteiger partial charge is 0.325 e. The summed E-state index contributed by atoms with van der Waals surface area (Å²) in [6.07, 6.45) is 1.66. The van der Waals surface area contributed by atoms with Crippen LogP contribution in [0.5, 0.6) is 0 Å². The van der Waals surface area contributed by atoms with E-state index < -0.39 is 0 Å². The Morgan fingerprint density at radius 3 is 2.31 bits per heavy atom. The quantitative estimate of drug-likeness (QED) is 0.334. The number of aryl methyl sites for hydroxylation is 2. The minimum atomic E-state index is -0.114. The van der Waals surface area contributed by atoms with Crippen molar-refractivity contribution in [2.45, 2.75) is 24.5 Å². The van der Waals surface area contributed by atoms with Crippen LogP contribution >= 0.6 is 23.4 Å². The van der Waals surface area contributed by atoms with E-state index in [1.807, 2.05) is 42.5 Å². The normalized spacial score (nSPS) is 10.8. The number of carbonyl (C=O) groups is 1. The minimum Gasteiger partial charge on any atom is -0.325 e. The molecule has 4 rings (SSSR count). The molecule has 0 aliphatic heterocycles. The molecule has 7 heteroatoms. The molecule has 0 unspecified atom stereocenters. The second-order valence-electron chi connectivity index (χ2n) is 7.30. The molecule has 1 N–H and O–H groups in total.